The minimum atomic E-state index is 0.778. The molecule has 0 saturated heterocycles. The SMILES string of the molecule is C=C(C)CNc1cc(C)ccc1OC. The molecule has 0 amide bonds. The predicted molar refractivity (Wildman–Crippen MR) is 61.0 cm³/mol. The lowest BCUT2D eigenvalue weighted by molar-refractivity contribution is 0.416. The van der Waals surface area contributed by atoms with E-state index in [1.165, 1.54) is 5.56 Å². The summed E-state index contributed by atoms with van der Waals surface area (Å²) in [7, 11) is 1.68. The Morgan fingerprint density at radius 1 is 1.50 bits per heavy atom. The summed E-state index contributed by atoms with van der Waals surface area (Å²) in [5.74, 6) is 0.872. The van der Waals surface area contributed by atoms with Gasteiger partial charge in [-0.25, -0.2) is 0 Å². The van der Waals surface area contributed by atoms with Crippen LogP contribution in [0.1, 0.15) is 12.5 Å². The van der Waals surface area contributed by atoms with Crippen LogP contribution in [0.4, 0.5) is 5.69 Å². The van der Waals surface area contributed by atoms with E-state index in [0.717, 1.165) is 23.6 Å². The molecular formula is C12H17NO. The van der Waals surface area contributed by atoms with E-state index in [9.17, 15) is 0 Å². The lowest BCUT2D eigenvalue weighted by Gasteiger charge is -2.11. The van der Waals surface area contributed by atoms with Crippen molar-refractivity contribution in [2.24, 2.45) is 0 Å². The summed E-state index contributed by atoms with van der Waals surface area (Å²) in [6.45, 7) is 8.68. The average Bonchev–Trinajstić information content (AvgIpc) is 2.15. The van der Waals surface area contributed by atoms with Crippen LogP contribution >= 0.6 is 0 Å². The molecule has 0 aromatic heterocycles. The monoisotopic (exact) mass is 191 g/mol. The van der Waals surface area contributed by atoms with Crippen LogP contribution in [-0.4, -0.2) is 13.7 Å². The lowest BCUT2D eigenvalue weighted by Crippen LogP contribution is -2.03. The van der Waals surface area contributed by atoms with Crippen molar-refractivity contribution in [1.82, 2.24) is 0 Å². The maximum atomic E-state index is 5.24. The van der Waals surface area contributed by atoms with Gasteiger partial charge in [0.25, 0.3) is 0 Å². The number of nitrogens with one attached hydrogen (secondary N) is 1. The molecule has 0 spiro atoms. The van der Waals surface area contributed by atoms with Crippen LogP contribution in [-0.2, 0) is 0 Å². The second-order valence-corrected chi connectivity index (χ2v) is 3.51. The van der Waals surface area contributed by atoms with Crippen molar-refractivity contribution in [2.45, 2.75) is 13.8 Å². The molecule has 1 aromatic carbocycles. The Hall–Kier alpha value is -1.44. The molecule has 0 radical (unpaired) electrons. The van der Waals surface area contributed by atoms with Crippen LogP contribution in [0.15, 0.2) is 30.4 Å². The second kappa shape index (κ2) is 4.70. The summed E-state index contributed by atoms with van der Waals surface area (Å²) in [5.41, 5.74) is 3.35. The van der Waals surface area contributed by atoms with E-state index in [1.54, 1.807) is 7.11 Å². The maximum Gasteiger partial charge on any atom is 0.141 e. The molecule has 76 valence electrons. The zero-order valence-corrected chi connectivity index (χ0v) is 9.05. The first-order chi connectivity index (χ1) is 6.63. The fraction of sp³-hybridized carbons (Fsp3) is 0.333. The van der Waals surface area contributed by atoms with Crippen molar-refractivity contribution < 1.29 is 4.74 Å². The number of rotatable bonds is 4. The van der Waals surface area contributed by atoms with Crippen molar-refractivity contribution in [3.63, 3.8) is 0 Å². The maximum absolute atomic E-state index is 5.24. The van der Waals surface area contributed by atoms with Crippen molar-refractivity contribution in [3.8, 4) is 5.75 Å². The zero-order valence-electron chi connectivity index (χ0n) is 9.05. The number of aryl methyl sites for hydroxylation is 1. The predicted octanol–water partition coefficient (Wildman–Crippen LogP) is 2.99. The summed E-state index contributed by atoms with van der Waals surface area (Å²) >= 11 is 0. The molecule has 1 aromatic rings. The fourth-order valence-corrected chi connectivity index (χ4v) is 1.21. The van der Waals surface area contributed by atoms with Crippen LogP contribution in [0, 0.1) is 6.92 Å². The standard InChI is InChI=1S/C12H17NO/c1-9(2)8-13-11-7-10(3)5-6-12(11)14-4/h5-7,13H,1,8H2,2-4H3. The zero-order chi connectivity index (χ0) is 10.6. The van der Waals surface area contributed by atoms with E-state index in [4.69, 9.17) is 4.74 Å². The Balaban J connectivity index is 2.82. The number of benzene rings is 1. The molecule has 0 aliphatic heterocycles. The van der Waals surface area contributed by atoms with Gasteiger partial charge in [-0.1, -0.05) is 18.2 Å². The molecule has 0 heterocycles. The second-order valence-electron chi connectivity index (χ2n) is 3.51. The highest BCUT2D eigenvalue weighted by molar-refractivity contribution is 5.58. The quantitative estimate of drug-likeness (QED) is 0.739. The number of hydrogen-bond donors (Lipinski definition) is 1. The molecule has 2 nitrogen and oxygen atoms in total. The fourth-order valence-electron chi connectivity index (χ4n) is 1.21. The van der Waals surface area contributed by atoms with Gasteiger partial charge in [0.15, 0.2) is 0 Å². The molecule has 0 unspecified atom stereocenters. The molecule has 0 aliphatic rings. The molecule has 1 N–H and O–H groups in total. The molecule has 14 heavy (non-hydrogen) atoms. The van der Waals surface area contributed by atoms with Crippen LogP contribution in [0.3, 0.4) is 0 Å². The molecule has 0 atom stereocenters. The van der Waals surface area contributed by atoms with Gasteiger partial charge in [0.2, 0.25) is 0 Å². The normalized spacial score (nSPS) is 9.64. The van der Waals surface area contributed by atoms with Gasteiger partial charge in [0.1, 0.15) is 5.75 Å². The summed E-state index contributed by atoms with van der Waals surface area (Å²) in [5, 5.41) is 3.28. The molecule has 0 fully saturated rings. The summed E-state index contributed by atoms with van der Waals surface area (Å²) in [6, 6.07) is 6.07. The first-order valence-corrected chi connectivity index (χ1v) is 4.66. The van der Waals surface area contributed by atoms with E-state index < -0.39 is 0 Å². The van der Waals surface area contributed by atoms with Gasteiger partial charge in [-0.05, 0) is 31.5 Å². The first kappa shape index (κ1) is 10.6. The highest BCUT2D eigenvalue weighted by Gasteiger charge is 2.01. The minimum Gasteiger partial charge on any atom is -0.495 e. The van der Waals surface area contributed by atoms with Crippen LogP contribution < -0.4 is 10.1 Å². The van der Waals surface area contributed by atoms with Gasteiger partial charge in [-0.15, -0.1) is 0 Å². The van der Waals surface area contributed by atoms with Gasteiger partial charge in [-0.2, -0.15) is 0 Å². The Morgan fingerprint density at radius 3 is 2.79 bits per heavy atom. The van der Waals surface area contributed by atoms with Crippen molar-refractivity contribution in [2.75, 3.05) is 19.0 Å². The number of methoxy groups -OCH3 is 1. The molecule has 0 aliphatic carbocycles. The molecule has 1 rings (SSSR count). The number of hydrogen-bond acceptors (Lipinski definition) is 2. The van der Waals surface area contributed by atoms with Crippen LogP contribution in [0.2, 0.25) is 0 Å². The highest BCUT2D eigenvalue weighted by atomic mass is 16.5. The summed E-state index contributed by atoms with van der Waals surface area (Å²) in [6.07, 6.45) is 0. The third-order valence-corrected chi connectivity index (χ3v) is 1.94. The molecule has 2 heteroatoms. The number of ether oxygens (including phenoxy) is 1. The van der Waals surface area contributed by atoms with Gasteiger partial charge < -0.3 is 10.1 Å². The van der Waals surface area contributed by atoms with E-state index in [2.05, 4.69) is 24.9 Å². The van der Waals surface area contributed by atoms with Crippen LogP contribution in [0.5, 0.6) is 5.75 Å². The van der Waals surface area contributed by atoms with E-state index in [0.29, 0.717) is 0 Å². The average molecular weight is 191 g/mol. The van der Waals surface area contributed by atoms with E-state index in [1.807, 2.05) is 19.1 Å². The summed E-state index contributed by atoms with van der Waals surface area (Å²) < 4.78 is 5.24. The largest absolute Gasteiger partial charge is 0.495 e. The Labute approximate surface area is 85.6 Å². The molecular weight excluding hydrogens is 174 g/mol. The lowest BCUT2D eigenvalue weighted by atomic mass is 10.2. The Morgan fingerprint density at radius 2 is 2.21 bits per heavy atom. The van der Waals surface area contributed by atoms with Gasteiger partial charge >= 0.3 is 0 Å². The first-order valence-electron chi connectivity index (χ1n) is 4.66. The minimum absolute atomic E-state index is 0.778. The molecule has 0 saturated carbocycles. The summed E-state index contributed by atoms with van der Waals surface area (Å²) in [4.78, 5) is 0. The number of anilines is 1. The molecule has 0 bridgehead atoms. The van der Waals surface area contributed by atoms with Crippen LogP contribution in [0.25, 0.3) is 0 Å². The van der Waals surface area contributed by atoms with Gasteiger partial charge in [-0.3, -0.25) is 0 Å². The third kappa shape index (κ3) is 2.80. The van der Waals surface area contributed by atoms with Gasteiger partial charge in [0.05, 0.1) is 12.8 Å². The Kier molecular flexibility index (Phi) is 3.57. The van der Waals surface area contributed by atoms with E-state index >= 15 is 0 Å². The Bertz CT molecular complexity index is 331. The van der Waals surface area contributed by atoms with Gasteiger partial charge in [0, 0.05) is 6.54 Å². The van der Waals surface area contributed by atoms with Crippen molar-refractivity contribution in [3.05, 3.63) is 35.9 Å². The van der Waals surface area contributed by atoms with E-state index in [-0.39, 0.29) is 0 Å². The van der Waals surface area contributed by atoms with Crippen molar-refractivity contribution in [1.29, 1.82) is 0 Å². The topological polar surface area (TPSA) is 21.3 Å². The highest BCUT2D eigenvalue weighted by Crippen LogP contribution is 2.25. The third-order valence-electron chi connectivity index (χ3n) is 1.94. The van der Waals surface area contributed by atoms with Crippen molar-refractivity contribution >= 4 is 5.69 Å². The smallest absolute Gasteiger partial charge is 0.141 e.